The van der Waals surface area contributed by atoms with Gasteiger partial charge in [-0.1, -0.05) is 0 Å². The molecule has 2 aromatic carbocycles. The maximum atomic E-state index is 14.1. The Morgan fingerprint density at radius 1 is 0.955 bits per heavy atom. The van der Waals surface area contributed by atoms with Gasteiger partial charge in [-0.2, -0.15) is 0 Å². The zero-order valence-electron chi connectivity index (χ0n) is 12.3. The maximum Gasteiger partial charge on any atom is 0.199 e. The van der Waals surface area contributed by atoms with Crippen LogP contribution in [0, 0.1) is 5.82 Å². The lowest BCUT2D eigenvalue weighted by atomic mass is 10.0. The molecule has 6 heteroatoms. The number of methoxy groups -OCH3 is 3. The van der Waals surface area contributed by atoms with E-state index in [0.29, 0.717) is 21.7 Å². The number of carbonyl (C=O) groups is 1. The van der Waals surface area contributed by atoms with E-state index in [4.69, 9.17) is 14.2 Å². The predicted octanol–water partition coefficient (Wildman–Crippen LogP) is 3.85. The third kappa shape index (κ3) is 3.06. The predicted molar refractivity (Wildman–Crippen MR) is 83.6 cm³/mol. The fourth-order valence-electron chi connectivity index (χ4n) is 1.99. The van der Waals surface area contributed by atoms with Gasteiger partial charge in [0, 0.05) is 12.1 Å². The summed E-state index contributed by atoms with van der Waals surface area (Å²) in [6, 6.07) is 7.19. The van der Waals surface area contributed by atoms with Crippen molar-refractivity contribution in [2.24, 2.45) is 0 Å². The van der Waals surface area contributed by atoms with Crippen molar-refractivity contribution in [1.82, 2.24) is 0 Å². The topological polar surface area (TPSA) is 44.8 Å². The van der Waals surface area contributed by atoms with Crippen LogP contribution in [0.25, 0.3) is 0 Å². The normalized spacial score (nSPS) is 10.2. The van der Waals surface area contributed by atoms with Crippen molar-refractivity contribution in [3.8, 4) is 17.2 Å². The number of hydrogen-bond acceptors (Lipinski definition) is 4. The number of ether oxygens (including phenoxy) is 3. The molecule has 0 N–H and O–H groups in total. The SMILES string of the molecule is COc1ccc(C(=O)c2cc(Br)c(OC)cc2OC)c(F)c1. The highest BCUT2D eigenvalue weighted by molar-refractivity contribution is 9.10. The lowest BCUT2D eigenvalue weighted by molar-refractivity contribution is 0.103. The van der Waals surface area contributed by atoms with Crippen LogP contribution in [0.3, 0.4) is 0 Å². The van der Waals surface area contributed by atoms with Gasteiger partial charge in [-0.25, -0.2) is 4.39 Å². The van der Waals surface area contributed by atoms with Crippen molar-refractivity contribution < 1.29 is 23.4 Å². The second-order valence-corrected chi connectivity index (χ2v) is 5.22. The number of benzene rings is 2. The molecule has 0 atom stereocenters. The van der Waals surface area contributed by atoms with Gasteiger partial charge in [0.1, 0.15) is 23.1 Å². The Balaban J connectivity index is 2.51. The summed E-state index contributed by atoms with van der Waals surface area (Å²) in [4.78, 5) is 12.6. The van der Waals surface area contributed by atoms with Crippen LogP contribution in [0.1, 0.15) is 15.9 Å². The van der Waals surface area contributed by atoms with E-state index >= 15 is 0 Å². The second-order valence-electron chi connectivity index (χ2n) is 4.36. The Labute approximate surface area is 135 Å². The Morgan fingerprint density at radius 3 is 2.18 bits per heavy atom. The van der Waals surface area contributed by atoms with Crippen molar-refractivity contribution in [1.29, 1.82) is 0 Å². The molecule has 0 aliphatic rings. The maximum absolute atomic E-state index is 14.1. The summed E-state index contributed by atoms with van der Waals surface area (Å²) in [6.07, 6.45) is 0. The molecule has 0 aromatic heterocycles. The first kappa shape index (κ1) is 16.3. The van der Waals surface area contributed by atoms with Crippen LogP contribution in [0.5, 0.6) is 17.2 Å². The van der Waals surface area contributed by atoms with E-state index in [1.165, 1.54) is 33.5 Å². The molecule has 116 valence electrons. The van der Waals surface area contributed by atoms with Crippen LogP contribution >= 0.6 is 15.9 Å². The Kier molecular flexibility index (Phi) is 5.03. The zero-order valence-corrected chi connectivity index (χ0v) is 13.9. The number of halogens is 2. The second kappa shape index (κ2) is 6.79. The molecule has 2 aromatic rings. The minimum atomic E-state index is -0.654. The van der Waals surface area contributed by atoms with Crippen molar-refractivity contribution in [3.63, 3.8) is 0 Å². The molecular weight excluding hydrogens is 355 g/mol. The van der Waals surface area contributed by atoms with E-state index in [9.17, 15) is 9.18 Å². The van der Waals surface area contributed by atoms with Crippen LogP contribution in [-0.4, -0.2) is 27.1 Å². The monoisotopic (exact) mass is 368 g/mol. The van der Waals surface area contributed by atoms with E-state index in [2.05, 4.69) is 15.9 Å². The highest BCUT2D eigenvalue weighted by Gasteiger charge is 2.20. The summed E-state index contributed by atoms with van der Waals surface area (Å²) < 4.78 is 29.9. The van der Waals surface area contributed by atoms with Crippen LogP contribution in [0.15, 0.2) is 34.8 Å². The molecule has 22 heavy (non-hydrogen) atoms. The molecule has 0 saturated heterocycles. The van der Waals surface area contributed by atoms with Crippen LogP contribution in [0.4, 0.5) is 4.39 Å². The van der Waals surface area contributed by atoms with Gasteiger partial charge in [-0.3, -0.25) is 4.79 Å². The van der Waals surface area contributed by atoms with Crippen molar-refractivity contribution in [2.45, 2.75) is 0 Å². The molecule has 0 saturated carbocycles. The first-order valence-electron chi connectivity index (χ1n) is 6.31. The lowest BCUT2D eigenvalue weighted by Gasteiger charge is -2.12. The molecule has 0 unspecified atom stereocenters. The summed E-state index contributed by atoms with van der Waals surface area (Å²) in [5.74, 6) is 0.0273. The molecule has 0 bridgehead atoms. The quantitative estimate of drug-likeness (QED) is 0.752. The summed E-state index contributed by atoms with van der Waals surface area (Å²) in [7, 11) is 4.37. The zero-order chi connectivity index (χ0) is 16.3. The fraction of sp³-hybridized carbons (Fsp3) is 0.188. The summed E-state index contributed by atoms with van der Waals surface area (Å²) in [5, 5.41) is 0. The first-order chi connectivity index (χ1) is 10.5. The third-order valence-electron chi connectivity index (χ3n) is 3.14. The van der Waals surface area contributed by atoms with Gasteiger partial charge in [0.15, 0.2) is 5.78 Å². The van der Waals surface area contributed by atoms with E-state index in [1.54, 1.807) is 12.1 Å². The Hall–Kier alpha value is -2.08. The minimum Gasteiger partial charge on any atom is -0.497 e. The van der Waals surface area contributed by atoms with Gasteiger partial charge in [0.2, 0.25) is 0 Å². The van der Waals surface area contributed by atoms with Gasteiger partial charge < -0.3 is 14.2 Å². The molecule has 2 rings (SSSR count). The van der Waals surface area contributed by atoms with E-state index in [-0.39, 0.29) is 11.1 Å². The number of rotatable bonds is 5. The molecule has 4 nitrogen and oxygen atoms in total. The molecule has 0 fully saturated rings. The third-order valence-corrected chi connectivity index (χ3v) is 3.76. The van der Waals surface area contributed by atoms with Gasteiger partial charge in [-0.05, 0) is 34.1 Å². The molecule has 0 amide bonds. The minimum absolute atomic E-state index is 0.0591. The Bertz CT molecular complexity index is 716. The summed E-state index contributed by atoms with van der Waals surface area (Å²) >= 11 is 3.31. The van der Waals surface area contributed by atoms with E-state index in [0.717, 1.165) is 6.07 Å². The average molecular weight is 369 g/mol. The summed E-state index contributed by atoms with van der Waals surface area (Å²) in [5.41, 5.74) is 0.176. The molecule has 0 aliphatic carbocycles. The van der Waals surface area contributed by atoms with E-state index < -0.39 is 11.6 Å². The van der Waals surface area contributed by atoms with Crippen molar-refractivity contribution in [3.05, 3.63) is 51.7 Å². The number of carbonyl (C=O) groups excluding carboxylic acids is 1. The van der Waals surface area contributed by atoms with Gasteiger partial charge >= 0.3 is 0 Å². The largest absolute Gasteiger partial charge is 0.497 e. The highest BCUT2D eigenvalue weighted by Crippen LogP contribution is 2.34. The molecule has 0 radical (unpaired) electrons. The molecule has 0 spiro atoms. The smallest absolute Gasteiger partial charge is 0.199 e. The number of hydrogen-bond donors (Lipinski definition) is 0. The van der Waals surface area contributed by atoms with Crippen molar-refractivity contribution in [2.75, 3.05) is 21.3 Å². The number of ketones is 1. The van der Waals surface area contributed by atoms with Crippen LogP contribution in [-0.2, 0) is 0 Å². The van der Waals surface area contributed by atoms with Crippen LogP contribution < -0.4 is 14.2 Å². The fourth-order valence-corrected chi connectivity index (χ4v) is 2.49. The lowest BCUT2D eigenvalue weighted by Crippen LogP contribution is -2.07. The Morgan fingerprint density at radius 2 is 1.64 bits per heavy atom. The van der Waals surface area contributed by atoms with E-state index in [1.807, 2.05) is 0 Å². The standard InChI is InChI=1S/C16H14BrFO4/c1-20-9-4-5-10(13(18)6-9)16(19)11-7-12(17)15(22-3)8-14(11)21-2/h4-8H,1-3H3. The van der Waals surface area contributed by atoms with Gasteiger partial charge in [0.05, 0.1) is 36.9 Å². The highest BCUT2D eigenvalue weighted by atomic mass is 79.9. The van der Waals surface area contributed by atoms with Gasteiger partial charge in [-0.15, -0.1) is 0 Å². The molecular formula is C16H14BrFO4. The molecule has 0 heterocycles. The molecule has 0 aliphatic heterocycles. The average Bonchev–Trinajstić information content (AvgIpc) is 2.53. The van der Waals surface area contributed by atoms with Gasteiger partial charge in [0.25, 0.3) is 0 Å². The summed E-state index contributed by atoms with van der Waals surface area (Å²) in [6.45, 7) is 0. The van der Waals surface area contributed by atoms with Crippen molar-refractivity contribution >= 4 is 21.7 Å². The first-order valence-corrected chi connectivity index (χ1v) is 7.10. The van der Waals surface area contributed by atoms with Crippen LogP contribution in [0.2, 0.25) is 0 Å².